The van der Waals surface area contributed by atoms with Crippen LogP contribution in [0.5, 0.6) is 0 Å². The molecule has 0 saturated heterocycles. The summed E-state index contributed by atoms with van der Waals surface area (Å²) in [5.41, 5.74) is 14.3. The summed E-state index contributed by atoms with van der Waals surface area (Å²) in [6.07, 6.45) is 1.95. The van der Waals surface area contributed by atoms with Crippen LogP contribution in [0.2, 0.25) is 0 Å². The number of aromatic nitrogens is 3. The van der Waals surface area contributed by atoms with Gasteiger partial charge in [0.2, 0.25) is 35.4 Å². The molecule has 0 bridgehead atoms. The first-order valence-electron chi connectivity index (χ1n) is 49.7. The lowest BCUT2D eigenvalue weighted by atomic mass is 9.49. The zero-order valence-electron chi connectivity index (χ0n) is 80.3. The van der Waals surface area contributed by atoms with Crippen LogP contribution in [-0.2, 0) is 108 Å². The van der Waals surface area contributed by atoms with E-state index in [1.165, 1.54) is 11.1 Å². The van der Waals surface area contributed by atoms with Gasteiger partial charge in [-0.05, 0) is 202 Å². The maximum absolute atomic E-state index is 15.0. The molecule has 742 valence electrons. The molecular formula is C105H145N9O22. The molecule has 136 heavy (non-hydrogen) atoms. The van der Waals surface area contributed by atoms with Gasteiger partial charge in [-0.2, -0.15) is 0 Å². The summed E-state index contributed by atoms with van der Waals surface area (Å²) in [7, 11) is 0. The molecule has 13 N–H and O–H groups in total. The molecule has 5 aromatic rings. The molecule has 20 atom stereocenters. The molecule has 1 aromatic heterocycles. The van der Waals surface area contributed by atoms with Crippen LogP contribution in [0.15, 0.2) is 84.9 Å². The first kappa shape index (κ1) is 104. The number of anilines is 3. The number of rotatable bonds is 44. The summed E-state index contributed by atoms with van der Waals surface area (Å²) in [6.45, 7) is 15.0. The highest BCUT2D eigenvalue weighted by Crippen LogP contribution is 2.60. The van der Waals surface area contributed by atoms with E-state index >= 15 is 4.79 Å². The van der Waals surface area contributed by atoms with Gasteiger partial charge in [0.05, 0.1) is 105 Å². The van der Waals surface area contributed by atoms with Crippen molar-refractivity contribution in [2.75, 3.05) is 95.2 Å². The van der Waals surface area contributed by atoms with E-state index < -0.39 is 138 Å². The van der Waals surface area contributed by atoms with Crippen LogP contribution >= 0.6 is 0 Å². The number of aliphatic hydroxyl groups is 7. The van der Waals surface area contributed by atoms with Gasteiger partial charge in [0, 0.05) is 111 Å². The van der Waals surface area contributed by atoms with Gasteiger partial charge in [-0.25, -0.2) is 4.68 Å². The molecule has 8 aliphatic rings. The standard InChI is InChI=1S/C105H145N9O22/c1-64(2)90(83(119)54-65(3)98(127)108-75-35-31-68-33-38-87-103(5,79(68)59-75)42-19-44-105(87,7)101(130)110-100(129)104(6)43-18-41-102(4)78-58-74(106)34-30-67(78)32-37-86(102)104)109-99(128)70(55-77(118)40-47-132-49-51-134-53-52-133-50-48-131-46-17-24-76(117)36-39-89(121)113-60-71-23-12-11-20-66(71)28-29-69-21-13-14-25-80(69)113)22-15-16-45-107-88(120)63-135-84-27-10-8-9-26-81-91(84)111-112-114(81)82-56-73(62-116)97(96(126)93(82)123)136-85-57-72(61-115)92(122)95(125)94(85)124/h11-14,20-21,23,25,30-31,34-35,58-59,64-65,70,72-73,82,84-87,90,92-97,115-116,122-126H,8-10,15-19,22,24,26-27,32-33,36-57,60-63,106H2,1-7H3,(H,107,120)(H,108,127)(H,109,128)(H,110,129,130)/t65-,70+,72-,73-,82+,84?,85+,86-,87-,90+,92-,93+,94+,95+,96-,97-,102-,103-,104+,105+/m1/s1. The maximum atomic E-state index is 15.0. The highest BCUT2D eigenvalue weighted by Gasteiger charge is 2.60. The fourth-order valence-electron chi connectivity index (χ4n) is 23.2. The number of fused-ring (bicyclic) bond motifs is 9. The lowest BCUT2D eigenvalue weighted by Gasteiger charge is -2.56. The number of nitrogen functional groups attached to an aromatic ring is 1. The van der Waals surface area contributed by atoms with Gasteiger partial charge >= 0.3 is 0 Å². The molecule has 2 heterocycles. The summed E-state index contributed by atoms with van der Waals surface area (Å²) >= 11 is 0. The fraction of sp³-hybridized carbons (Fsp3) is 0.648. The predicted octanol–water partition coefficient (Wildman–Crippen LogP) is 9.29. The minimum absolute atomic E-state index is 0.0159. The molecule has 4 saturated carbocycles. The van der Waals surface area contributed by atoms with E-state index in [-0.39, 0.29) is 156 Å². The number of imide groups is 1. The third-order valence-electron chi connectivity index (χ3n) is 31.1. The van der Waals surface area contributed by atoms with E-state index in [2.05, 4.69) is 76.3 Å². The topological polar surface area (TPSA) is 459 Å². The number of nitrogens with one attached hydrogen (secondary N) is 4. The van der Waals surface area contributed by atoms with Crippen molar-refractivity contribution in [2.45, 2.75) is 300 Å². The van der Waals surface area contributed by atoms with Crippen molar-refractivity contribution in [3.63, 3.8) is 0 Å². The molecular weight excluding hydrogens is 1740 g/mol. The predicted molar refractivity (Wildman–Crippen MR) is 507 cm³/mol. The lowest BCUT2D eigenvalue weighted by molar-refractivity contribution is -0.231. The van der Waals surface area contributed by atoms with Crippen molar-refractivity contribution in [1.82, 2.24) is 30.9 Å². The van der Waals surface area contributed by atoms with Crippen molar-refractivity contribution >= 4 is 69.9 Å². The van der Waals surface area contributed by atoms with Crippen LogP contribution < -0.4 is 31.9 Å². The van der Waals surface area contributed by atoms with Crippen LogP contribution in [-0.4, -0.2) is 232 Å². The molecule has 6 amide bonds. The van der Waals surface area contributed by atoms with Crippen molar-refractivity contribution in [3.8, 4) is 11.8 Å². The monoisotopic (exact) mass is 1880 g/mol. The Morgan fingerprint density at radius 2 is 1.21 bits per heavy atom. The fourth-order valence-corrected chi connectivity index (χ4v) is 23.2. The molecule has 31 heteroatoms. The largest absolute Gasteiger partial charge is 0.399 e. The molecule has 1 aliphatic heterocycles. The molecule has 7 aliphatic carbocycles. The second-order valence-corrected chi connectivity index (χ2v) is 40.7. The van der Waals surface area contributed by atoms with Crippen molar-refractivity contribution in [1.29, 1.82) is 0 Å². The van der Waals surface area contributed by atoms with Crippen molar-refractivity contribution in [2.24, 2.45) is 52.3 Å². The number of para-hydroxylation sites is 1. The molecule has 0 spiro atoms. The van der Waals surface area contributed by atoms with Crippen LogP contribution in [0.25, 0.3) is 0 Å². The Morgan fingerprint density at radius 1 is 0.581 bits per heavy atom. The number of nitrogens with zero attached hydrogens (tertiary/aromatic N) is 4. The minimum atomic E-state index is -1.64. The number of benzene rings is 4. The summed E-state index contributed by atoms with van der Waals surface area (Å²) in [6, 6.07) is 25.5. The number of nitrogens with two attached hydrogens (primary N) is 1. The Kier molecular flexibility index (Phi) is 36.6. The SMILES string of the molecule is CC(C)[C@H](NC(=O)[C@@H](CCCCNC(=O)COC1CCCCCc2c1nnn2[C@H]1C[C@H](CO)[C@@H](O[C@H]2C[C@H](CO)[C@@H](O)[C@H](O)[C@H]2O)[C@H](O)[C@H]1O)CC(=O)CCOCCOCCOCCOCCCC(=O)CCC(=O)N1Cc2ccccc2C#Cc2ccccc21)C(=O)C[C@@H](C)C(=O)Nc1ccc2c(c1)[C@@]1(C)CCC[C@](C)(C(=O)NC(=O)[C@@]3(C)CCC[C@]4(C)c5cc(N)ccc5CC[C@@H]34)[C@@H]1CC2. The Hall–Kier alpha value is -9.11. The van der Waals surface area contributed by atoms with Gasteiger partial charge in [0.25, 0.3) is 0 Å². The van der Waals surface area contributed by atoms with E-state index in [0.29, 0.717) is 100 Å². The van der Waals surface area contributed by atoms with Gasteiger partial charge in [-0.15, -0.1) is 5.10 Å². The van der Waals surface area contributed by atoms with Gasteiger partial charge in [-0.3, -0.25) is 48.5 Å². The van der Waals surface area contributed by atoms with Gasteiger partial charge in [0.1, 0.15) is 54.4 Å². The Morgan fingerprint density at radius 3 is 1.89 bits per heavy atom. The van der Waals surface area contributed by atoms with Crippen LogP contribution in [0, 0.1) is 64.1 Å². The summed E-state index contributed by atoms with van der Waals surface area (Å²) in [5.74, 6) is 0.0320. The van der Waals surface area contributed by atoms with Crippen molar-refractivity contribution in [3.05, 3.63) is 135 Å². The van der Waals surface area contributed by atoms with Crippen LogP contribution in [0.4, 0.5) is 17.1 Å². The second-order valence-electron chi connectivity index (χ2n) is 40.7. The lowest BCUT2D eigenvalue weighted by Crippen LogP contribution is -2.60. The van der Waals surface area contributed by atoms with E-state index in [1.807, 2.05) is 79.7 Å². The van der Waals surface area contributed by atoms with E-state index in [1.54, 1.807) is 30.4 Å². The number of ketones is 3. The third kappa shape index (κ3) is 24.6. The zero-order chi connectivity index (χ0) is 97.2. The number of hydrogen-bond acceptors (Lipinski definition) is 25. The van der Waals surface area contributed by atoms with Gasteiger partial charge < -0.3 is 90.8 Å². The smallest absolute Gasteiger partial charge is 0.246 e. The third-order valence-corrected chi connectivity index (χ3v) is 31.1. The first-order chi connectivity index (χ1) is 65.3. The van der Waals surface area contributed by atoms with E-state index in [4.69, 9.17) is 34.2 Å². The zero-order valence-corrected chi connectivity index (χ0v) is 80.3. The first-order valence-corrected chi connectivity index (χ1v) is 49.7. The quantitative estimate of drug-likeness (QED) is 0.00747. The molecule has 1 unspecified atom stereocenters. The summed E-state index contributed by atoms with van der Waals surface area (Å²) < 4.78 is 36.9. The number of unbranched alkanes of at least 4 members (excludes halogenated alkanes) is 1. The average Bonchev–Trinajstić information content (AvgIpc) is 0.753. The second kappa shape index (κ2) is 47.7. The molecule has 0 radical (unpaired) electrons. The molecule has 4 aromatic carbocycles. The number of amides is 6. The Bertz CT molecular complexity index is 5050. The van der Waals surface area contributed by atoms with E-state index in [0.717, 1.165) is 97.7 Å². The minimum Gasteiger partial charge on any atom is -0.399 e. The Labute approximate surface area is 798 Å². The molecule has 31 nitrogen and oxygen atoms in total. The highest BCUT2D eigenvalue weighted by atomic mass is 16.6. The normalized spacial score (nSPS) is 27.9. The summed E-state index contributed by atoms with van der Waals surface area (Å²) in [5, 5.41) is 96.7. The average molecular weight is 1890 g/mol. The van der Waals surface area contributed by atoms with E-state index in [9.17, 15) is 74.1 Å². The maximum Gasteiger partial charge on any atom is 0.246 e. The number of ether oxygens (including phenoxy) is 6. The summed E-state index contributed by atoms with van der Waals surface area (Å²) in [4.78, 5) is 129. The van der Waals surface area contributed by atoms with Crippen LogP contribution in [0.3, 0.4) is 0 Å². The number of aliphatic hydroxyl groups excluding tert-OH is 7. The molecule has 4 fully saturated rings. The number of Topliss-reactive ketones (excluding diaryl/α,β-unsaturated/α-hetero) is 3. The number of aryl methyl sites for hydroxylation is 2. The number of carbonyl (C=O) groups excluding carboxylic acids is 9. The number of hydrogen-bond donors (Lipinski definition) is 12. The Balaban J connectivity index is 0.570. The van der Waals surface area contributed by atoms with Gasteiger partial charge in [-0.1, -0.05) is 140 Å². The van der Waals surface area contributed by atoms with Crippen molar-refractivity contribution < 1.29 is 107 Å². The number of carbonyl (C=O) groups is 9. The van der Waals surface area contributed by atoms with Crippen LogP contribution in [0.1, 0.15) is 265 Å². The molecule has 13 rings (SSSR count). The highest BCUT2D eigenvalue weighted by molar-refractivity contribution is 6.02. The van der Waals surface area contributed by atoms with Gasteiger partial charge in [0.15, 0.2) is 5.78 Å².